The normalized spacial score (nSPS) is 17.8. The number of halogens is 2. The second-order valence-corrected chi connectivity index (χ2v) is 5.94. The summed E-state index contributed by atoms with van der Waals surface area (Å²) in [5.41, 5.74) is 6.37. The minimum atomic E-state index is -0.845. The van der Waals surface area contributed by atoms with Crippen molar-refractivity contribution in [3.63, 3.8) is 0 Å². The lowest BCUT2D eigenvalue weighted by atomic mass is 10.0. The average molecular weight is 269 g/mol. The number of rotatable bonds is 1. The number of nitrogens with zero attached hydrogens (tertiary/aromatic N) is 2. The fraction of sp³-hybridized carbons (Fsp3) is 0.571. The molecular formula is C14H21F2N3. The molecule has 0 aliphatic carbocycles. The summed E-state index contributed by atoms with van der Waals surface area (Å²) in [5.74, 6) is -1.69. The average Bonchev–Trinajstić information content (AvgIpc) is 2.34. The van der Waals surface area contributed by atoms with Gasteiger partial charge in [0, 0.05) is 31.7 Å². The van der Waals surface area contributed by atoms with Gasteiger partial charge in [-0.05, 0) is 32.9 Å². The summed E-state index contributed by atoms with van der Waals surface area (Å²) in [6.07, 6.45) is 0. The van der Waals surface area contributed by atoms with Gasteiger partial charge in [-0.2, -0.15) is 0 Å². The summed E-state index contributed by atoms with van der Waals surface area (Å²) < 4.78 is 27.2. The highest BCUT2D eigenvalue weighted by Crippen LogP contribution is 2.30. The Morgan fingerprint density at radius 2 is 1.63 bits per heavy atom. The highest BCUT2D eigenvalue weighted by molar-refractivity contribution is 5.68. The van der Waals surface area contributed by atoms with Gasteiger partial charge in [0.1, 0.15) is 0 Å². The third-order valence-electron chi connectivity index (χ3n) is 3.64. The highest BCUT2D eigenvalue weighted by Gasteiger charge is 2.28. The van der Waals surface area contributed by atoms with E-state index in [0.717, 1.165) is 19.2 Å². The van der Waals surface area contributed by atoms with Crippen LogP contribution in [0.5, 0.6) is 0 Å². The van der Waals surface area contributed by atoms with E-state index in [0.29, 0.717) is 18.8 Å². The number of anilines is 2. The van der Waals surface area contributed by atoms with E-state index in [9.17, 15) is 8.78 Å². The maximum absolute atomic E-state index is 13.9. The second kappa shape index (κ2) is 4.96. The molecule has 106 valence electrons. The molecule has 0 amide bonds. The number of nitrogens with two attached hydrogens (primary N) is 1. The van der Waals surface area contributed by atoms with Gasteiger partial charge >= 0.3 is 0 Å². The maximum Gasteiger partial charge on any atom is 0.184 e. The quantitative estimate of drug-likeness (QED) is 0.795. The first kappa shape index (κ1) is 14.1. The molecule has 1 heterocycles. The van der Waals surface area contributed by atoms with Gasteiger partial charge in [-0.25, -0.2) is 8.78 Å². The molecular weight excluding hydrogens is 248 g/mol. The highest BCUT2D eigenvalue weighted by atomic mass is 19.2. The Kier molecular flexibility index (Phi) is 3.67. The molecule has 0 bridgehead atoms. The molecule has 0 radical (unpaired) electrons. The fourth-order valence-corrected chi connectivity index (χ4v) is 2.48. The molecule has 0 unspecified atom stereocenters. The first-order chi connectivity index (χ1) is 8.80. The Morgan fingerprint density at radius 1 is 1.05 bits per heavy atom. The maximum atomic E-state index is 13.9. The molecule has 1 aromatic rings. The van der Waals surface area contributed by atoms with E-state index in [-0.39, 0.29) is 11.2 Å². The fourth-order valence-electron chi connectivity index (χ4n) is 2.48. The first-order valence-electron chi connectivity index (χ1n) is 6.54. The molecule has 2 rings (SSSR count). The molecule has 0 aromatic heterocycles. The molecule has 0 atom stereocenters. The molecule has 1 fully saturated rings. The topological polar surface area (TPSA) is 32.5 Å². The van der Waals surface area contributed by atoms with Crippen LogP contribution < -0.4 is 10.6 Å². The van der Waals surface area contributed by atoms with Crippen molar-refractivity contribution in [1.29, 1.82) is 0 Å². The summed E-state index contributed by atoms with van der Waals surface area (Å²) in [7, 11) is 0. The van der Waals surface area contributed by atoms with Crippen molar-refractivity contribution in [3.8, 4) is 0 Å². The van der Waals surface area contributed by atoms with Crippen molar-refractivity contribution >= 4 is 11.4 Å². The molecule has 1 saturated heterocycles. The van der Waals surface area contributed by atoms with Gasteiger partial charge in [0.25, 0.3) is 0 Å². The lowest BCUT2D eigenvalue weighted by Gasteiger charge is -2.43. The number of piperazine rings is 1. The lowest BCUT2D eigenvalue weighted by Crippen LogP contribution is -2.53. The van der Waals surface area contributed by atoms with Crippen molar-refractivity contribution in [2.45, 2.75) is 26.3 Å². The minimum Gasteiger partial charge on any atom is -0.397 e. The van der Waals surface area contributed by atoms with Gasteiger partial charge in [0.15, 0.2) is 11.6 Å². The van der Waals surface area contributed by atoms with Gasteiger partial charge in [0.05, 0.1) is 11.4 Å². The van der Waals surface area contributed by atoms with Gasteiger partial charge < -0.3 is 10.6 Å². The van der Waals surface area contributed by atoms with Crippen molar-refractivity contribution < 1.29 is 8.78 Å². The second-order valence-electron chi connectivity index (χ2n) is 5.94. The monoisotopic (exact) mass is 269 g/mol. The van der Waals surface area contributed by atoms with Crippen LogP contribution in [0, 0.1) is 11.6 Å². The Morgan fingerprint density at radius 3 is 2.16 bits per heavy atom. The van der Waals surface area contributed by atoms with Crippen LogP contribution in [0.15, 0.2) is 12.1 Å². The van der Waals surface area contributed by atoms with E-state index >= 15 is 0 Å². The Labute approximate surface area is 113 Å². The van der Waals surface area contributed by atoms with Crippen molar-refractivity contribution in [2.24, 2.45) is 0 Å². The number of nitrogen functional groups attached to an aromatic ring is 1. The Hall–Kier alpha value is -1.36. The van der Waals surface area contributed by atoms with Crippen molar-refractivity contribution in [3.05, 3.63) is 23.8 Å². The van der Waals surface area contributed by atoms with Crippen LogP contribution in [0.3, 0.4) is 0 Å². The van der Waals surface area contributed by atoms with Crippen LogP contribution in [-0.2, 0) is 0 Å². The predicted molar refractivity (Wildman–Crippen MR) is 74.3 cm³/mol. The molecule has 0 spiro atoms. The zero-order valence-corrected chi connectivity index (χ0v) is 11.7. The van der Waals surface area contributed by atoms with E-state index in [1.54, 1.807) is 0 Å². The summed E-state index contributed by atoms with van der Waals surface area (Å²) in [6, 6.07) is 2.49. The van der Waals surface area contributed by atoms with E-state index in [1.807, 2.05) is 4.90 Å². The van der Waals surface area contributed by atoms with Crippen LogP contribution in [0.4, 0.5) is 20.2 Å². The number of hydrogen-bond donors (Lipinski definition) is 1. The van der Waals surface area contributed by atoms with E-state index in [2.05, 4.69) is 25.7 Å². The molecule has 1 aromatic carbocycles. The van der Waals surface area contributed by atoms with E-state index < -0.39 is 11.6 Å². The summed E-state index contributed by atoms with van der Waals surface area (Å²) in [5, 5.41) is 0. The smallest absolute Gasteiger partial charge is 0.184 e. The van der Waals surface area contributed by atoms with Gasteiger partial charge in [-0.1, -0.05) is 0 Å². The van der Waals surface area contributed by atoms with Crippen LogP contribution in [0.2, 0.25) is 0 Å². The van der Waals surface area contributed by atoms with E-state index in [4.69, 9.17) is 5.73 Å². The largest absolute Gasteiger partial charge is 0.397 e. The van der Waals surface area contributed by atoms with Crippen LogP contribution in [-0.4, -0.2) is 36.6 Å². The van der Waals surface area contributed by atoms with Crippen LogP contribution in [0.1, 0.15) is 20.8 Å². The minimum absolute atomic E-state index is 0.0954. The third kappa shape index (κ3) is 2.81. The summed E-state index contributed by atoms with van der Waals surface area (Å²) in [6.45, 7) is 9.40. The molecule has 5 heteroatoms. The molecule has 0 saturated carbocycles. The first-order valence-corrected chi connectivity index (χ1v) is 6.54. The van der Waals surface area contributed by atoms with Gasteiger partial charge in [0.2, 0.25) is 0 Å². The Bertz CT molecular complexity index is 460. The van der Waals surface area contributed by atoms with Crippen molar-refractivity contribution in [2.75, 3.05) is 36.8 Å². The number of benzene rings is 1. The SMILES string of the molecule is CC(C)(C)N1CCN(c2c(N)ccc(F)c2F)CC1. The Balaban J connectivity index is 2.17. The van der Waals surface area contributed by atoms with E-state index in [1.165, 1.54) is 6.07 Å². The zero-order valence-electron chi connectivity index (χ0n) is 11.7. The van der Waals surface area contributed by atoms with Gasteiger partial charge in [-0.15, -0.1) is 0 Å². The molecule has 19 heavy (non-hydrogen) atoms. The third-order valence-corrected chi connectivity index (χ3v) is 3.64. The lowest BCUT2D eigenvalue weighted by molar-refractivity contribution is 0.128. The molecule has 1 aliphatic rings. The zero-order chi connectivity index (χ0) is 14.2. The summed E-state index contributed by atoms with van der Waals surface area (Å²) >= 11 is 0. The van der Waals surface area contributed by atoms with Gasteiger partial charge in [-0.3, -0.25) is 4.90 Å². The predicted octanol–water partition coefficient (Wildman–Crippen LogP) is 2.47. The standard InChI is InChI=1S/C14H21F2N3/c1-14(2,3)19-8-6-18(7-9-19)13-11(17)5-4-10(15)12(13)16/h4-5H,6-9,17H2,1-3H3. The van der Waals surface area contributed by atoms with Crippen LogP contribution >= 0.6 is 0 Å². The summed E-state index contributed by atoms with van der Waals surface area (Å²) in [4.78, 5) is 4.16. The van der Waals surface area contributed by atoms with Crippen LogP contribution in [0.25, 0.3) is 0 Å². The number of hydrogen-bond acceptors (Lipinski definition) is 3. The molecule has 2 N–H and O–H groups in total. The molecule has 1 aliphatic heterocycles. The molecule has 3 nitrogen and oxygen atoms in total. The van der Waals surface area contributed by atoms with Crippen molar-refractivity contribution in [1.82, 2.24) is 4.90 Å².